The summed E-state index contributed by atoms with van der Waals surface area (Å²) in [6.07, 6.45) is -0.698. The summed E-state index contributed by atoms with van der Waals surface area (Å²) in [6.45, 7) is 11.0. The van der Waals surface area contributed by atoms with Crippen molar-refractivity contribution in [1.29, 1.82) is 0 Å². The van der Waals surface area contributed by atoms with Crippen LogP contribution in [0.2, 0.25) is 5.04 Å². The summed E-state index contributed by atoms with van der Waals surface area (Å²) in [6, 6.07) is 44.2. The van der Waals surface area contributed by atoms with E-state index >= 15 is 9.46 Å². The van der Waals surface area contributed by atoms with Gasteiger partial charge in [-0.15, -0.1) is 0 Å². The van der Waals surface area contributed by atoms with E-state index in [1.807, 2.05) is 152 Å². The molecule has 5 aromatic carbocycles. The molecule has 20 nitrogen and oxygen atoms in total. The molecule has 2 saturated heterocycles. The summed E-state index contributed by atoms with van der Waals surface area (Å²) in [5.41, 5.74) is 4.22. The molecule has 5 N–H and O–H groups in total. The van der Waals surface area contributed by atoms with E-state index < -0.39 is 92.3 Å². The Kier molecular flexibility index (Phi) is 23.2. The van der Waals surface area contributed by atoms with Gasteiger partial charge in [-0.05, 0) is 109 Å². The molecular formula is C65H78N6NaO14PSi. The molecule has 2 aromatic heterocycles. The van der Waals surface area contributed by atoms with Crippen LogP contribution in [0, 0.1) is 13.8 Å². The number of phosphoric acid groups is 1. The van der Waals surface area contributed by atoms with Crippen LogP contribution in [-0.4, -0.2) is 98.4 Å². The Bertz CT molecular complexity index is 3630. The van der Waals surface area contributed by atoms with E-state index in [-0.39, 0.29) is 66.6 Å². The number of methoxy groups -OCH3 is 2. The monoisotopic (exact) mass is 1250 g/mol. The molecule has 2 aliphatic rings. The van der Waals surface area contributed by atoms with Crippen molar-refractivity contribution in [2.75, 3.05) is 40.5 Å². The van der Waals surface area contributed by atoms with Crippen molar-refractivity contribution in [2.24, 2.45) is 5.73 Å². The molecule has 1 unspecified atom stereocenters. The Morgan fingerprint density at radius 2 is 1.19 bits per heavy atom. The van der Waals surface area contributed by atoms with Gasteiger partial charge in [0.25, 0.3) is 27.3 Å². The molecule has 8 atom stereocenters. The van der Waals surface area contributed by atoms with Gasteiger partial charge in [-0.2, -0.15) is 0 Å². The fraction of sp³-hybridized carbons (Fsp3) is 0.385. The number of benzene rings is 5. The first-order valence-electron chi connectivity index (χ1n) is 29.3. The first-order valence-corrected chi connectivity index (χ1v) is 32.6. The Morgan fingerprint density at radius 1 is 0.705 bits per heavy atom. The summed E-state index contributed by atoms with van der Waals surface area (Å²) in [4.78, 5) is 73.0. The number of phosphoric ester groups is 1. The van der Waals surface area contributed by atoms with Crippen LogP contribution in [0.15, 0.2) is 183 Å². The zero-order valence-corrected chi connectivity index (χ0v) is 55.0. The fourth-order valence-corrected chi connectivity index (χ4v) is 17.5. The number of rotatable bonds is 27. The average Bonchev–Trinajstić information content (AvgIpc) is 1.38. The third-order valence-electron chi connectivity index (χ3n) is 16.1. The number of H-pyrrole nitrogens is 2. The second kappa shape index (κ2) is 30.1. The van der Waals surface area contributed by atoms with Crippen molar-refractivity contribution in [1.82, 2.24) is 24.4 Å². The molecule has 0 amide bonds. The second-order valence-electron chi connectivity index (χ2n) is 22.9. The summed E-state index contributed by atoms with van der Waals surface area (Å²) in [5.74, 6) is 1.20. The number of aromatic amines is 2. The van der Waals surface area contributed by atoms with Crippen molar-refractivity contribution < 1.29 is 76.2 Å². The number of aromatic nitrogens is 4. The fourth-order valence-electron chi connectivity index (χ4n) is 11.7. The van der Waals surface area contributed by atoms with Gasteiger partial charge in [-0.25, -0.2) is 9.59 Å². The van der Waals surface area contributed by atoms with Gasteiger partial charge < -0.3 is 53.1 Å². The molecule has 7 aromatic rings. The maximum absolute atomic E-state index is 15.3. The molecular weight excluding hydrogens is 1170 g/mol. The molecule has 462 valence electrons. The van der Waals surface area contributed by atoms with Crippen LogP contribution in [0.4, 0.5) is 0 Å². The molecule has 4 heterocycles. The molecule has 9 rings (SSSR count). The molecule has 88 heavy (non-hydrogen) atoms. The molecule has 0 aliphatic carbocycles. The minimum Gasteiger partial charge on any atom is -0.756 e. The van der Waals surface area contributed by atoms with Crippen LogP contribution in [0.1, 0.15) is 93.1 Å². The standard InChI is InChI=1S/C65H79N6O14PSi.Na/c1-44-41-70(62(74)68-60(44)72)57-39-54(56(81-57)43-80-65(46-21-12-8-13-22-46,47-28-32-49(78-6)33-29-47)48-30-34-50(79-7)35-31-48)84-86(76,77)83-53(27-18-11-19-37-67-38-20-36-66)59-55(40-58(82-59)71-42-45(2)61(73)69-63(71)75)85-87(64(3,4)5,51-23-14-9-15-24-51)52-25-16-10-17-26-52;/h8-18,21-26,28-35,41-42,53-59,67H,19-20,27,36-40,43,66H2,1-7H3,(H,76,77)(H,68,72,74)(H,69,73,75);/q;+1/p-1/b18-11+;/t53-,54-,55-,56+,57+,58+,59+;/m0./s1. The van der Waals surface area contributed by atoms with Gasteiger partial charge in [-0.1, -0.05) is 148 Å². The molecule has 23 heteroatoms. The van der Waals surface area contributed by atoms with Crippen LogP contribution in [0.25, 0.3) is 0 Å². The molecule has 2 fully saturated rings. The van der Waals surface area contributed by atoms with Gasteiger partial charge in [0.2, 0.25) is 0 Å². The van der Waals surface area contributed by atoms with Crippen molar-refractivity contribution in [3.63, 3.8) is 0 Å². The Balaban J connectivity index is 0.0000100. The van der Waals surface area contributed by atoms with E-state index in [2.05, 4.69) is 36.1 Å². The predicted octanol–water partition coefficient (Wildman–Crippen LogP) is 3.77. The van der Waals surface area contributed by atoms with Crippen LogP contribution in [0.5, 0.6) is 11.5 Å². The number of hydrogen-bond donors (Lipinski definition) is 4. The van der Waals surface area contributed by atoms with Gasteiger partial charge in [0.1, 0.15) is 41.8 Å². The quantitative estimate of drug-likeness (QED) is 0.0188. The van der Waals surface area contributed by atoms with Crippen LogP contribution >= 0.6 is 7.82 Å². The van der Waals surface area contributed by atoms with Crippen LogP contribution in [-0.2, 0) is 37.9 Å². The Hall–Kier alpha value is -6.11. The summed E-state index contributed by atoms with van der Waals surface area (Å²) < 4.78 is 70.3. The number of nitrogens with one attached hydrogen (secondary N) is 3. The minimum atomic E-state index is -5.56. The minimum absolute atomic E-state index is 0. The number of hydrogen-bond acceptors (Lipinski definition) is 16. The van der Waals surface area contributed by atoms with Crippen molar-refractivity contribution in [3.05, 3.63) is 234 Å². The molecule has 0 radical (unpaired) electrons. The Morgan fingerprint density at radius 3 is 1.69 bits per heavy atom. The maximum Gasteiger partial charge on any atom is 1.00 e. The third kappa shape index (κ3) is 15.4. The largest absolute Gasteiger partial charge is 1.00 e. The van der Waals surface area contributed by atoms with Crippen LogP contribution in [0.3, 0.4) is 0 Å². The zero-order chi connectivity index (χ0) is 61.9. The number of nitrogens with two attached hydrogens (primary N) is 1. The normalized spacial score (nSPS) is 19.9. The number of ether oxygens (including phenoxy) is 5. The first-order chi connectivity index (χ1) is 41.8. The summed E-state index contributed by atoms with van der Waals surface area (Å²) in [5, 5.41) is 4.69. The van der Waals surface area contributed by atoms with Gasteiger partial charge in [-0.3, -0.25) is 33.3 Å². The zero-order valence-electron chi connectivity index (χ0n) is 51.1. The molecule has 0 bridgehead atoms. The summed E-state index contributed by atoms with van der Waals surface area (Å²) >= 11 is 0. The van der Waals surface area contributed by atoms with Crippen molar-refractivity contribution in [2.45, 2.75) is 120 Å². The van der Waals surface area contributed by atoms with Gasteiger partial charge >= 0.3 is 40.9 Å². The maximum atomic E-state index is 15.3. The van der Waals surface area contributed by atoms with E-state index in [1.54, 1.807) is 21.1 Å². The first kappa shape index (κ1) is 67.8. The summed E-state index contributed by atoms with van der Waals surface area (Å²) in [7, 11) is -5.89. The average molecular weight is 1250 g/mol. The molecule has 0 saturated carbocycles. The van der Waals surface area contributed by atoms with Crippen LogP contribution < -0.4 is 87.8 Å². The van der Waals surface area contributed by atoms with Gasteiger partial charge in [0.15, 0.2) is 0 Å². The topological polar surface area (TPSA) is 262 Å². The van der Waals surface area contributed by atoms with Crippen molar-refractivity contribution >= 4 is 26.5 Å². The third-order valence-corrected chi connectivity index (χ3v) is 22.2. The van der Waals surface area contributed by atoms with Gasteiger partial charge in [0, 0.05) is 36.4 Å². The SMILES string of the molecule is COc1ccc(C(OC[C@H]2O[C@@H](n3cc(C)c(=O)[nH]c3=O)C[C@@H]2OP(=O)([O-])O[C@@H](C/C=C/CCNCCCN)[C@H]2O[C@@H](n3cc(C)c(=O)[nH]c3=O)C[C@@H]2O[Si](c2ccccc2)(c2ccccc2)C(C)(C)C)(c2ccccc2)c2ccc(OC)cc2)cc1.[Na+]. The van der Waals surface area contributed by atoms with E-state index in [9.17, 15) is 19.2 Å². The van der Waals surface area contributed by atoms with E-state index in [0.717, 1.165) is 23.3 Å². The second-order valence-corrected chi connectivity index (χ2v) is 28.4. The number of aryl methyl sites for hydroxylation is 2. The predicted molar refractivity (Wildman–Crippen MR) is 332 cm³/mol. The Labute approximate surface area is 535 Å². The van der Waals surface area contributed by atoms with E-state index in [4.69, 9.17) is 42.9 Å². The van der Waals surface area contributed by atoms with Crippen molar-refractivity contribution in [3.8, 4) is 11.5 Å². The van der Waals surface area contributed by atoms with E-state index in [0.29, 0.717) is 47.7 Å². The van der Waals surface area contributed by atoms with Gasteiger partial charge in [0.05, 0.1) is 39.1 Å². The molecule has 0 spiro atoms. The van der Waals surface area contributed by atoms with E-state index in [1.165, 1.54) is 28.5 Å². The number of nitrogens with zero attached hydrogens (tertiary/aromatic N) is 2. The smallest absolute Gasteiger partial charge is 0.756 e. The molecule has 2 aliphatic heterocycles.